The molecule has 0 atom stereocenters. The van der Waals surface area contributed by atoms with Crippen molar-refractivity contribution in [2.45, 2.75) is 44.8 Å². The van der Waals surface area contributed by atoms with Crippen LogP contribution in [0.15, 0.2) is 36.5 Å². The van der Waals surface area contributed by atoms with E-state index >= 15 is 0 Å². The molecule has 0 spiro atoms. The molecule has 3 heteroatoms. The number of hydrogen-bond acceptors (Lipinski definition) is 3. The van der Waals surface area contributed by atoms with Crippen molar-refractivity contribution >= 4 is 10.9 Å². The van der Waals surface area contributed by atoms with E-state index in [9.17, 15) is 0 Å². The lowest BCUT2D eigenvalue weighted by atomic mass is 9.79. The van der Waals surface area contributed by atoms with Crippen LogP contribution in [0.5, 0.6) is 0 Å². The number of nitrogens with two attached hydrogens (primary N) is 1. The van der Waals surface area contributed by atoms with E-state index in [1.807, 2.05) is 12.3 Å². The summed E-state index contributed by atoms with van der Waals surface area (Å²) in [5.41, 5.74) is 8.08. The summed E-state index contributed by atoms with van der Waals surface area (Å²) in [6.45, 7) is 3.52. The van der Waals surface area contributed by atoms with Crippen molar-refractivity contribution in [3.8, 4) is 0 Å². The fourth-order valence-electron chi connectivity index (χ4n) is 3.21. The van der Waals surface area contributed by atoms with Gasteiger partial charge in [0, 0.05) is 23.7 Å². The van der Waals surface area contributed by atoms with Crippen LogP contribution < -0.4 is 5.73 Å². The maximum atomic E-state index is 6.30. The molecule has 0 aliphatic heterocycles. The van der Waals surface area contributed by atoms with Gasteiger partial charge in [0.15, 0.2) is 0 Å². The Morgan fingerprint density at radius 2 is 2.00 bits per heavy atom. The Kier molecular flexibility index (Phi) is 4.22. The standard InChI is InChI=1S/C18H24N2O/c1-14-7-9-18(13-19,10-8-14)21-12-16-5-2-4-15-6-3-11-20-17(15)16/h2-6,11,14H,7-10,12-13,19H2,1H3. The molecule has 0 saturated heterocycles. The van der Waals surface area contributed by atoms with Crippen LogP contribution >= 0.6 is 0 Å². The van der Waals surface area contributed by atoms with Crippen molar-refractivity contribution in [2.75, 3.05) is 6.54 Å². The van der Waals surface area contributed by atoms with Gasteiger partial charge in [-0.15, -0.1) is 0 Å². The van der Waals surface area contributed by atoms with E-state index in [2.05, 4.69) is 36.2 Å². The molecule has 3 rings (SSSR count). The maximum Gasteiger partial charge on any atom is 0.0808 e. The van der Waals surface area contributed by atoms with Crippen molar-refractivity contribution in [1.29, 1.82) is 0 Å². The lowest BCUT2D eigenvalue weighted by molar-refractivity contribution is -0.0796. The Labute approximate surface area is 126 Å². The van der Waals surface area contributed by atoms with Gasteiger partial charge in [-0.2, -0.15) is 0 Å². The molecule has 2 N–H and O–H groups in total. The largest absolute Gasteiger partial charge is 0.369 e. The third kappa shape index (κ3) is 3.09. The second kappa shape index (κ2) is 6.12. The fraction of sp³-hybridized carbons (Fsp3) is 0.500. The van der Waals surface area contributed by atoms with Crippen molar-refractivity contribution in [2.24, 2.45) is 11.7 Å². The van der Waals surface area contributed by atoms with Gasteiger partial charge in [0.05, 0.1) is 17.7 Å². The van der Waals surface area contributed by atoms with Crippen molar-refractivity contribution < 1.29 is 4.74 Å². The summed E-state index contributed by atoms with van der Waals surface area (Å²) in [6.07, 6.45) is 6.41. The Hall–Kier alpha value is -1.45. The first-order valence-electron chi connectivity index (χ1n) is 7.89. The minimum atomic E-state index is -0.135. The molecule has 0 amide bonds. The number of benzene rings is 1. The molecule has 1 aliphatic rings. The first-order chi connectivity index (χ1) is 10.2. The van der Waals surface area contributed by atoms with Crippen LogP contribution in [-0.4, -0.2) is 17.1 Å². The average molecular weight is 284 g/mol. The number of rotatable bonds is 4. The quantitative estimate of drug-likeness (QED) is 0.932. The van der Waals surface area contributed by atoms with Gasteiger partial charge in [-0.05, 0) is 37.7 Å². The lowest BCUT2D eigenvalue weighted by Gasteiger charge is -2.38. The molecule has 1 aliphatic carbocycles. The van der Waals surface area contributed by atoms with Crippen LogP contribution in [0.4, 0.5) is 0 Å². The summed E-state index contributed by atoms with van der Waals surface area (Å²) in [5, 5.41) is 1.16. The third-order valence-corrected chi connectivity index (χ3v) is 4.81. The molecule has 2 aromatic rings. The number of hydrogen-bond donors (Lipinski definition) is 1. The summed E-state index contributed by atoms with van der Waals surface area (Å²) in [5.74, 6) is 0.799. The van der Waals surface area contributed by atoms with Gasteiger partial charge in [-0.1, -0.05) is 31.2 Å². The summed E-state index contributed by atoms with van der Waals surface area (Å²) in [7, 11) is 0. The molecule has 3 nitrogen and oxygen atoms in total. The lowest BCUT2D eigenvalue weighted by Crippen LogP contribution is -2.43. The second-order valence-corrected chi connectivity index (χ2v) is 6.35. The highest BCUT2D eigenvalue weighted by Gasteiger charge is 2.33. The third-order valence-electron chi connectivity index (χ3n) is 4.81. The zero-order valence-electron chi connectivity index (χ0n) is 12.7. The van der Waals surface area contributed by atoms with Gasteiger partial charge in [0.1, 0.15) is 0 Å². The Bertz CT molecular complexity index is 598. The molecule has 0 radical (unpaired) electrons. The van der Waals surface area contributed by atoms with Crippen molar-refractivity contribution in [3.05, 3.63) is 42.1 Å². The van der Waals surface area contributed by atoms with E-state index in [-0.39, 0.29) is 5.60 Å². The number of nitrogens with zero attached hydrogens (tertiary/aromatic N) is 1. The van der Waals surface area contributed by atoms with Crippen molar-refractivity contribution in [1.82, 2.24) is 4.98 Å². The van der Waals surface area contributed by atoms with Crippen molar-refractivity contribution in [3.63, 3.8) is 0 Å². The topological polar surface area (TPSA) is 48.1 Å². The van der Waals surface area contributed by atoms with E-state index in [1.165, 1.54) is 12.8 Å². The Morgan fingerprint density at radius 1 is 1.24 bits per heavy atom. The van der Waals surface area contributed by atoms with E-state index in [1.54, 1.807) is 0 Å². The highest BCUT2D eigenvalue weighted by atomic mass is 16.5. The zero-order valence-corrected chi connectivity index (χ0v) is 12.7. The molecule has 1 saturated carbocycles. The Balaban J connectivity index is 1.76. The molecule has 1 aromatic heterocycles. The average Bonchev–Trinajstić information content (AvgIpc) is 2.55. The molecule has 0 bridgehead atoms. The van der Waals surface area contributed by atoms with Gasteiger partial charge < -0.3 is 10.5 Å². The molecule has 21 heavy (non-hydrogen) atoms. The minimum Gasteiger partial charge on any atom is -0.369 e. The molecule has 0 unspecified atom stereocenters. The number of fused-ring (bicyclic) bond motifs is 1. The molecule has 1 heterocycles. The summed E-state index contributed by atoms with van der Waals surface area (Å²) < 4.78 is 6.30. The number of aromatic nitrogens is 1. The number of ether oxygens (including phenoxy) is 1. The Morgan fingerprint density at radius 3 is 2.76 bits per heavy atom. The van der Waals surface area contributed by atoms with Crippen LogP contribution in [0.1, 0.15) is 38.2 Å². The predicted molar refractivity (Wildman–Crippen MR) is 85.9 cm³/mol. The summed E-state index contributed by atoms with van der Waals surface area (Å²) in [4.78, 5) is 4.49. The van der Waals surface area contributed by atoms with E-state index in [0.29, 0.717) is 13.2 Å². The normalized spacial score (nSPS) is 26.1. The summed E-state index contributed by atoms with van der Waals surface area (Å²) >= 11 is 0. The van der Waals surface area contributed by atoms with Crippen LogP contribution in [0.2, 0.25) is 0 Å². The highest BCUT2D eigenvalue weighted by Crippen LogP contribution is 2.35. The number of pyridine rings is 1. The van der Waals surface area contributed by atoms with Gasteiger partial charge in [0.2, 0.25) is 0 Å². The molecule has 1 fully saturated rings. The maximum absolute atomic E-state index is 6.30. The van der Waals surface area contributed by atoms with E-state index < -0.39 is 0 Å². The van der Waals surface area contributed by atoms with Crippen LogP contribution in [0.25, 0.3) is 10.9 Å². The predicted octanol–water partition coefficient (Wildman–Crippen LogP) is 3.66. The number of para-hydroxylation sites is 1. The smallest absolute Gasteiger partial charge is 0.0808 e. The summed E-state index contributed by atoms with van der Waals surface area (Å²) in [6, 6.07) is 10.3. The first-order valence-corrected chi connectivity index (χ1v) is 7.89. The fourth-order valence-corrected chi connectivity index (χ4v) is 3.21. The van der Waals surface area contributed by atoms with Gasteiger partial charge >= 0.3 is 0 Å². The van der Waals surface area contributed by atoms with Crippen LogP contribution in [0, 0.1) is 5.92 Å². The van der Waals surface area contributed by atoms with Gasteiger partial charge in [0.25, 0.3) is 0 Å². The van der Waals surface area contributed by atoms with Crippen LogP contribution in [0.3, 0.4) is 0 Å². The van der Waals surface area contributed by atoms with Gasteiger partial charge in [-0.25, -0.2) is 0 Å². The van der Waals surface area contributed by atoms with E-state index in [4.69, 9.17) is 10.5 Å². The molecule has 1 aromatic carbocycles. The first kappa shape index (κ1) is 14.5. The molecular formula is C18H24N2O. The van der Waals surface area contributed by atoms with Gasteiger partial charge in [-0.3, -0.25) is 4.98 Å². The van der Waals surface area contributed by atoms with Crippen LogP contribution in [-0.2, 0) is 11.3 Å². The highest BCUT2D eigenvalue weighted by molar-refractivity contribution is 5.81. The molecular weight excluding hydrogens is 260 g/mol. The molecule has 112 valence electrons. The SMILES string of the molecule is CC1CCC(CN)(OCc2cccc3cccnc23)CC1. The van der Waals surface area contributed by atoms with E-state index in [0.717, 1.165) is 35.2 Å². The monoisotopic (exact) mass is 284 g/mol. The minimum absolute atomic E-state index is 0.135. The second-order valence-electron chi connectivity index (χ2n) is 6.35. The zero-order chi connectivity index (χ0) is 14.7.